The van der Waals surface area contributed by atoms with Crippen LogP contribution in [-0.4, -0.2) is 22.8 Å². The van der Waals surface area contributed by atoms with Gasteiger partial charge >= 0.3 is 0 Å². The molecule has 0 saturated carbocycles. The highest BCUT2D eigenvalue weighted by Gasteiger charge is 2.08. The third kappa shape index (κ3) is 3.76. The number of anilines is 1. The number of pyridine rings is 1. The van der Waals surface area contributed by atoms with Crippen molar-refractivity contribution in [2.45, 2.75) is 6.54 Å². The molecule has 2 aromatic heterocycles. The van der Waals surface area contributed by atoms with E-state index in [0.717, 1.165) is 5.56 Å². The van der Waals surface area contributed by atoms with Crippen LogP contribution in [0.2, 0.25) is 0 Å². The monoisotopic (exact) mass is 323 g/mol. The molecule has 0 unspecified atom stereocenters. The molecule has 116 valence electrons. The Kier molecular flexibility index (Phi) is 4.39. The largest absolute Gasteiger partial charge is 0.384 e. The Labute approximate surface area is 138 Å². The zero-order chi connectivity index (χ0) is 16.2. The van der Waals surface area contributed by atoms with Gasteiger partial charge < -0.3 is 10.6 Å². The highest BCUT2D eigenvalue weighted by molar-refractivity contribution is 7.19. The van der Waals surface area contributed by atoms with Gasteiger partial charge in [-0.15, -0.1) is 11.3 Å². The van der Waals surface area contributed by atoms with Gasteiger partial charge in [-0.3, -0.25) is 4.79 Å². The van der Waals surface area contributed by atoms with Crippen molar-refractivity contribution in [3.63, 3.8) is 0 Å². The standard InChI is InChI=1S/C18H17N3OS/c1-21(12-15-10-14-4-2-3-5-16(14)23-15)18(22)9-7-13-6-8-17(19)20-11-13/h2-11H,12H2,1H3,(H2,19,20). The van der Waals surface area contributed by atoms with Crippen molar-refractivity contribution in [1.29, 1.82) is 0 Å². The molecule has 23 heavy (non-hydrogen) atoms. The van der Waals surface area contributed by atoms with Gasteiger partial charge in [0.15, 0.2) is 0 Å². The summed E-state index contributed by atoms with van der Waals surface area (Å²) in [6.07, 6.45) is 4.95. The SMILES string of the molecule is CN(Cc1cc2ccccc2s1)C(=O)C=Cc1ccc(N)nc1. The highest BCUT2D eigenvalue weighted by Crippen LogP contribution is 2.26. The number of thiophene rings is 1. The van der Waals surface area contributed by atoms with Gasteiger partial charge in [-0.05, 0) is 41.3 Å². The van der Waals surface area contributed by atoms with Crippen molar-refractivity contribution in [3.8, 4) is 0 Å². The second-order valence-corrected chi connectivity index (χ2v) is 6.46. The molecular weight excluding hydrogens is 306 g/mol. The summed E-state index contributed by atoms with van der Waals surface area (Å²) < 4.78 is 1.24. The van der Waals surface area contributed by atoms with E-state index in [1.165, 1.54) is 15.0 Å². The van der Waals surface area contributed by atoms with Gasteiger partial charge in [0.1, 0.15) is 5.82 Å². The summed E-state index contributed by atoms with van der Waals surface area (Å²) >= 11 is 1.72. The van der Waals surface area contributed by atoms with E-state index < -0.39 is 0 Å². The maximum atomic E-state index is 12.2. The second kappa shape index (κ2) is 6.62. The molecule has 0 saturated heterocycles. The molecule has 0 fully saturated rings. The maximum Gasteiger partial charge on any atom is 0.246 e. The first-order valence-electron chi connectivity index (χ1n) is 7.24. The van der Waals surface area contributed by atoms with Crippen LogP contribution in [0.5, 0.6) is 0 Å². The van der Waals surface area contributed by atoms with E-state index in [1.807, 2.05) is 18.2 Å². The summed E-state index contributed by atoms with van der Waals surface area (Å²) in [6.45, 7) is 0.600. The lowest BCUT2D eigenvalue weighted by Crippen LogP contribution is -2.23. The van der Waals surface area contributed by atoms with Crippen LogP contribution >= 0.6 is 11.3 Å². The Hall–Kier alpha value is -2.66. The number of rotatable bonds is 4. The summed E-state index contributed by atoms with van der Waals surface area (Å²) in [5.41, 5.74) is 6.39. The van der Waals surface area contributed by atoms with Crippen LogP contribution in [0, 0.1) is 0 Å². The molecule has 0 bridgehead atoms. The number of hydrogen-bond donors (Lipinski definition) is 1. The van der Waals surface area contributed by atoms with Crippen LogP contribution in [0.15, 0.2) is 54.7 Å². The van der Waals surface area contributed by atoms with Gasteiger partial charge in [-0.2, -0.15) is 0 Å². The summed E-state index contributed by atoms with van der Waals surface area (Å²) in [4.78, 5) is 19.1. The van der Waals surface area contributed by atoms with Crippen molar-refractivity contribution in [2.24, 2.45) is 0 Å². The summed E-state index contributed by atoms with van der Waals surface area (Å²) in [5.74, 6) is 0.426. The van der Waals surface area contributed by atoms with Gasteiger partial charge in [0.25, 0.3) is 0 Å². The molecule has 4 nitrogen and oxygen atoms in total. The topological polar surface area (TPSA) is 59.2 Å². The number of nitrogens with zero attached hydrogens (tertiary/aromatic N) is 2. The van der Waals surface area contributed by atoms with Crippen molar-refractivity contribution >= 4 is 39.2 Å². The molecule has 5 heteroatoms. The van der Waals surface area contributed by atoms with Crippen LogP contribution in [0.1, 0.15) is 10.4 Å². The lowest BCUT2D eigenvalue weighted by Gasteiger charge is -2.13. The molecule has 0 spiro atoms. The van der Waals surface area contributed by atoms with Crippen molar-refractivity contribution < 1.29 is 4.79 Å². The van der Waals surface area contributed by atoms with Crippen molar-refractivity contribution in [3.05, 3.63) is 65.2 Å². The van der Waals surface area contributed by atoms with Crippen LogP contribution < -0.4 is 5.73 Å². The zero-order valence-corrected chi connectivity index (χ0v) is 13.6. The first-order valence-corrected chi connectivity index (χ1v) is 8.05. The van der Waals surface area contributed by atoms with Crippen LogP contribution in [0.25, 0.3) is 16.2 Å². The molecule has 1 aromatic carbocycles. The normalized spacial score (nSPS) is 11.2. The van der Waals surface area contributed by atoms with Crippen molar-refractivity contribution in [1.82, 2.24) is 9.88 Å². The number of likely N-dealkylation sites (N-methyl/N-ethyl adjacent to an activating group) is 1. The van der Waals surface area contributed by atoms with Gasteiger partial charge in [0.05, 0.1) is 6.54 Å². The number of carbonyl (C=O) groups excluding carboxylic acids is 1. The van der Waals surface area contributed by atoms with E-state index in [0.29, 0.717) is 12.4 Å². The molecule has 0 aliphatic heterocycles. The Balaban J connectivity index is 1.66. The number of nitrogens with two attached hydrogens (primary N) is 1. The predicted octanol–water partition coefficient (Wildman–Crippen LogP) is 3.55. The minimum absolute atomic E-state index is 0.0423. The average Bonchev–Trinajstić information content (AvgIpc) is 2.96. The summed E-state index contributed by atoms with van der Waals surface area (Å²) in [7, 11) is 1.80. The molecule has 3 rings (SSSR count). The molecule has 2 heterocycles. The molecule has 2 N–H and O–H groups in total. The third-order valence-electron chi connectivity index (χ3n) is 3.47. The predicted molar refractivity (Wildman–Crippen MR) is 96.0 cm³/mol. The van der Waals surface area contributed by atoms with Crippen LogP contribution in [0.3, 0.4) is 0 Å². The summed E-state index contributed by atoms with van der Waals surface area (Å²) in [5, 5.41) is 1.22. The molecule has 0 radical (unpaired) electrons. The summed E-state index contributed by atoms with van der Waals surface area (Å²) in [6, 6.07) is 13.9. The van der Waals surface area contributed by atoms with Gasteiger partial charge in [0, 0.05) is 28.9 Å². The van der Waals surface area contributed by atoms with E-state index in [-0.39, 0.29) is 5.91 Å². The first-order chi connectivity index (χ1) is 11.1. The number of nitrogen functional groups attached to an aromatic ring is 1. The van der Waals surface area contributed by atoms with Crippen molar-refractivity contribution in [2.75, 3.05) is 12.8 Å². The molecule has 1 amide bonds. The molecule has 0 aliphatic rings. The fraction of sp³-hybridized carbons (Fsp3) is 0.111. The van der Waals surface area contributed by atoms with Crippen LogP contribution in [-0.2, 0) is 11.3 Å². The molecular formula is C18H17N3OS. The lowest BCUT2D eigenvalue weighted by atomic mass is 10.2. The molecule has 0 atom stereocenters. The van der Waals surface area contributed by atoms with Gasteiger partial charge in [0.2, 0.25) is 5.91 Å². The maximum absolute atomic E-state index is 12.2. The van der Waals surface area contributed by atoms with E-state index >= 15 is 0 Å². The second-order valence-electron chi connectivity index (χ2n) is 5.29. The van der Waals surface area contributed by atoms with Gasteiger partial charge in [-0.25, -0.2) is 4.98 Å². The lowest BCUT2D eigenvalue weighted by molar-refractivity contribution is -0.125. The number of benzene rings is 1. The smallest absolute Gasteiger partial charge is 0.246 e. The minimum Gasteiger partial charge on any atom is -0.384 e. The number of aromatic nitrogens is 1. The van der Waals surface area contributed by atoms with E-state index in [2.05, 4.69) is 23.2 Å². The van der Waals surface area contributed by atoms with E-state index in [9.17, 15) is 4.79 Å². The van der Waals surface area contributed by atoms with Crippen LogP contribution in [0.4, 0.5) is 5.82 Å². The Morgan fingerprint density at radius 2 is 2.13 bits per heavy atom. The fourth-order valence-electron chi connectivity index (χ4n) is 2.24. The quantitative estimate of drug-likeness (QED) is 0.747. The zero-order valence-electron chi connectivity index (χ0n) is 12.8. The Bertz CT molecular complexity index is 819. The Morgan fingerprint density at radius 3 is 2.87 bits per heavy atom. The number of hydrogen-bond acceptors (Lipinski definition) is 4. The van der Waals surface area contributed by atoms with Gasteiger partial charge in [-0.1, -0.05) is 18.2 Å². The van der Waals surface area contributed by atoms with E-state index in [4.69, 9.17) is 5.73 Å². The fourth-order valence-corrected chi connectivity index (χ4v) is 3.35. The Morgan fingerprint density at radius 1 is 1.30 bits per heavy atom. The molecule has 3 aromatic rings. The van der Waals surface area contributed by atoms with E-state index in [1.54, 1.807) is 47.7 Å². The number of amides is 1. The third-order valence-corrected chi connectivity index (χ3v) is 4.57. The highest BCUT2D eigenvalue weighted by atomic mass is 32.1. The molecule has 0 aliphatic carbocycles. The first kappa shape index (κ1) is 15.2. The number of carbonyl (C=O) groups is 1. The average molecular weight is 323 g/mol. The minimum atomic E-state index is -0.0423. The number of fused-ring (bicyclic) bond motifs is 1.